The standard InChI is InChI=1S/C28H27F3N4O2/c29-28(30,31)23-9-4-8-22(18-23)24-10-11-25(37-24)27(36)34-14-5-13-33(16-17-34)20-26-32-12-15-35(26)19-21-6-2-1-3-7-21/h1-4,6-12,15,18H,5,13-14,16-17,19-20H2. The highest BCUT2D eigenvalue weighted by Gasteiger charge is 2.31. The van der Waals surface area contributed by atoms with E-state index in [1.165, 1.54) is 23.8 Å². The van der Waals surface area contributed by atoms with Crippen molar-refractivity contribution in [2.24, 2.45) is 0 Å². The number of hydrogen-bond acceptors (Lipinski definition) is 4. The van der Waals surface area contributed by atoms with Crippen molar-refractivity contribution in [3.8, 4) is 11.3 Å². The van der Waals surface area contributed by atoms with Gasteiger partial charge in [-0.05, 0) is 36.2 Å². The highest BCUT2D eigenvalue weighted by molar-refractivity contribution is 5.92. The zero-order valence-corrected chi connectivity index (χ0v) is 20.2. The van der Waals surface area contributed by atoms with Crippen LogP contribution in [-0.4, -0.2) is 51.4 Å². The molecule has 1 saturated heterocycles. The molecule has 0 aliphatic carbocycles. The van der Waals surface area contributed by atoms with E-state index >= 15 is 0 Å². The topological polar surface area (TPSA) is 54.5 Å². The molecule has 6 nitrogen and oxygen atoms in total. The molecular formula is C28H27F3N4O2. The van der Waals surface area contributed by atoms with Crippen LogP contribution in [0.1, 0.15) is 33.9 Å². The first-order valence-corrected chi connectivity index (χ1v) is 12.2. The van der Waals surface area contributed by atoms with Crippen LogP contribution in [-0.2, 0) is 19.3 Å². The van der Waals surface area contributed by atoms with Gasteiger partial charge in [0.15, 0.2) is 5.76 Å². The Morgan fingerprint density at radius 2 is 1.76 bits per heavy atom. The number of amides is 1. The Balaban J connectivity index is 1.21. The van der Waals surface area contributed by atoms with Crippen molar-refractivity contribution in [2.75, 3.05) is 26.2 Å². The van der Waals surface area contributed by atoms with Crippen LogP contribution in [0.2, 0.25) is 0 Å². The fraction of sp³-hybridized carbons (Fsp3) is 0.286. The molecule has 0 atom stereocenters. The van der Waals surface area contributed by atoms with Crippen LogP contribution < -0.4 is 0 Å². The number of benzene rings is 2. The molecule has 1 aliphatic heterocycles. The Bertz CT molecular complexity index is 1350. The predicted molar refractivity (Wildman–Crippen MR) is 133 cm³/mol. The first-order valence-electron chi connectivity index (χ1n) is 12.2. The number of nitrogens with zero attached hydrogens (tertiary/aromatic N) is 4. The molecular weight excluding hydrogens is 481 g/mol. The molecule has 0 spiro atoms. The molecule has 37 heavy (non-hydrogen) atoms. The summed E-state index contributed by atoms with van der Waals surface area (Å²) in [7, 11) is 0. The molecule has 0 radical (unpaired) electrons. The lowest BCUT2D eigenvalue weighted by atomic mass is 10.1. The SMILES string of the molecule is O=C(c1ccc(-c2cccc(C(F)(F)F)c2)o1)N1CCCN(Cc2nccn2Cc2ccccc2)CC1. The third-order valence-corrected chi connectivity index (χ3v) is 6.53. The van der Waals surface area contributed by atoms with Crippen molar-refractivity contribution >= 4 is 5.91 Å². The van der Waals surface area contributed by atoms with Gasteiger partial charge in [0.25, 0.3) is 5.91 Å². The first kappa shape index (κ1) is 24.8. The van der Waals surface area contributed by atoms with Gasteiger partial charge in [-0.15, -0.1) is 0 Å². The number of hydrogen-bond donors (Lipinski definition) is 0. The average Bonchev–Trinajstić information content (AvgIpc) is 3.49. The average molecular weight is 509 g/mol. The van der Waals surface area contributed by atoms with Gasteiger partial charge in [-0.25, -0.2) is 4.98 Å². The third-order valence-electron chi connectivity index (χ3n) is 6.53. The second-order valence-electron chi connectivity index (χ2n) is 9.12. The van der Waals surface area contributed by atoms with Crippen LogP contribution in [0.25, 0.3) is 11.3 Å². The molecule has 0 unspecified atom stereocenters. The number of rotatable bonds is 6. The smallest absolute Gasteiger partial charge is 0.416 e. The van der Waals surface area contributed by atoms with Gasteiger partial charge in [0, 0.05) is 50.7 Å². The summed E-state index contributed by atoms with van der Waals surface area (Å²) in [6.45, 7) is 4.05. The Morgan fingerprint density at radius 1 is 0.919 bits per heavy atom. The van der Waals surface area contributed by atoms with E-state index in [2.05, 4.69) is 26.6 Å². The molecule has 0 saturated carbocycles. The summed E-state index contributed by atoms with van der Waals surface area (Å²) in [6.07, 6.45) is 0.143. The molecule has 1 fully saturated rings. The molecule has 3 heterocycles. The maximum absolute atomic E-state index is 13.1. The third kappa shape index (κ3) is 5.94. The number of halogens is 3. The Hall–Kier alpha value is -3.85. The van der Waals surface area contributed by atoms with Crippen molar-refractivity contribution in [3.05, 3.63) is 102 Å². The zero-order valence-electron chi connectivity index (χ0n) is 20.2. The van der Waals surface area contributed by atoms with Crippen molar-refractivity contribution in [1.82, 2.24) is 19.4 Å². The van der Waals surface area contributed by atoms with Crippen LogP contribution in [0, 0.1) is 0 Å². The van der Waals surface area contributed by atoms with Gasteiger partial charge in [0.05, 0.1) is 12.1 Å². The second kappa shape index (κ2) is 10.6. The van der Waals surface area contributed by atoms with Crippen molar-refractivity contribution in [3.63, 3.8) is 0 Å². The van der Waals surface area contributed by atoms with Crippen molar-refractivity contribution in [2.45, 2.75) is 25.7 Å². The van der Waals surface area contributed by atoms with Gasteiger partial charge in [-0.3, -0.25) is 9.69 Å². The zero-order chi connectivity index (χ0) is 25.8. The lowest BCUT2D eigenvalue weighted by Crippen LogP contribution is -2.35. The van der Waals surface area contributed by atoms with Gasteiger partial charge < -0.3 is 13.9 Å². The Morgan fingerprint density at radius 3 is 2.57 bits per heavy atom. The van der Waals surface area contributed by atoms with E-state index in [1.807, 2.05) is 30.6 Å². The minimum atomic E-state index is -4.45. The summed E-state index contributed by atoms with van der Waals surface area (Å²) >= 11 is 0. The quantitative estimate of drug-likeness (QED) is 0.342. The van der Waals surface area contributed by atoms with E-state index < -0.39 is 11.7 Å². The molecule has 0 bridgehead atoms. The van der Waals surface area contributed by atoms with E-state index in [-0.39, 0.29) is 23.0 Å². The van der Waals surface area contributed by atoms with Crippen LogP contribution in [0.3, 0.4) is 0 Å². The van der Waals surface area contributed by atoms with Crippen LogP contribution in [0.15, 0.2) is 83.5 Å². The second-order valence-corrected chi connectivity index (χ2v) is 9.12. The summed E-state index contributed by atoms with van der Waals surface area (Å²) < 4.78 is 47.0. The van der Waals surface area contributed by atoms with Crippen LogP contribution >= 0.6 is 0 Å². The summed E-state index contributed by atoms with van der Waals surface area (Å²) in [5.74, 6) is 1.07. The maximum atomic E-state index is 13.1. The van der Waals surface area contributed by atoms with Gasteiger partial charge in [-0.2, -0.15) is 13.2 Å². The van der Waals surface area contributed by atoms with Crippen LogP contribution in [0.4, 0.5) is 13.2 Å². The van der Waals surface area contributed by atoms with Crippen molar-refractivity contribution < 1.29 is 22.4 Å². The normalized spacial score (nSPS) is 15.1. The van der Waals surface area contributed by atoms with E-state index in [0.29, 0.717) is 26.2 Å². The summed E-state index contributed by atoms with van der Waals surface area (Å²) in [5.41, 5.74) is 0.727. The van der Waals surface area contributed by atoms with E-state index in [1.54, 1.807) is 11.0 Å². The molecule has 192 valence electrons. The fourth-order valence-corrected chi connectivity index (χ4v) is 4.56. The highest BCUT2D eigenvalue weighted by Crippen LogP contribution is 2.32. The van der Waals surface area contributed by atoms with E-state index in [4.69, 9.17) is 4.42 Å². The van der Waals surface area contributed by atoms with Gasteiger partial charge in [0.1, 0.15) is 11.6 Å². The number of alkyl halides is 3. The highest BCUT2D eigenvalue weighted by atomic mass is 19.4. The molecule has 5 rings (SSSR count). The molecule has 2 aromatic heterocycles. The maximum Gasteiger partial charge on any atom is 0.416 e. The van der Waals surface area contributed by atoms with Crippen LogP contribution in [0.5, 0.6) is 0 Å². The van der Waals surface area contributed by atoms with Gasteiger partial charge in [-0.1, -0.05) is 42.5 Å². The summed E-state index contributed by atoms with van der Waals surface area (Å²) in [5, 5.41) is 0. The number of carbonyl (C=O) groups excluding carboxylic acids is 1. The summed E-state index contributed by atoms with van der Waals surface area (Å²) in [6, 6.07) is 18.2. The number of imidazole rings is 1. The molecule has 4 aromatic rings. The monoisotopic (exact) mass is 508 g/mol. The molecule has 2 aromatic carbocycles. The van der Waals surface area contributed by atoms with Gasteiger partial charge >= 0.3 is 6.18 Å². The van der Waals surface area contributed by atoms with E-state index in [0.717, 1.165) is 37.5 Å². The lowest BCUT2D eigenvalue weighted by molar-refractivity contribution is -0.137. The Kier molecular flexibility index (Phi) is 7.14. The number of carbonyl (C=O) groups is 1. The minimum Gasteiger partial charge on any atom is -0.451 e. The van der Waals surface area contributed by atoms with Gasteiger partial charge in [0.2, 0.25) is 0 Å². The largest absolute Gasteiger partial charge is 0.451 e. The summed E-state index contributed by atoms with van der Waals surface area (Å²) in [4.78, 5) is 21.7. The molecule has 1 amide bonds. The minimum absolute atomic E-state index is 0.124. The van der Waals surface area contributed by atoms with Crippen molar-refractivity contribution in [1.29, 1.82) is 0 Å². The Labute approximate surface area is 212 Å². The lowest BCUT2D eigenvalue weighted by Gasteiger charge is -2.21. The molecule has 0 N–H and O–H groups in total. The fourth-order valence-electron chi connectivity index (χ4n) is 4.56. The molecule has 1 aliphatic rings. The number of furan rings is 1. The number of aromatic nitrogens is 2. The van der Waals surface area contributed by atoms with E-state index in [9.17, 15) is 18.0 Å². The first-order chi connectivity index (χ1) is 17.9. The molecule has 9 heteroatoms. The predicted octanol–water partition coefficient (Wildman–Crippen LogP) is 5.56.